The van der Waals surface area contributed by atoms with Gasteiger partial charge in [-0.2, -0.15) is 0 Å². The number of hydrogen-bond donors (Lipinski definition) is 0. The summed E-state index contributed by atoms with van der Waals surface area (Å²) in [7, 11) is 1.92. The van der Waals surface area contributed by atoms with Crippen molar-refractivity contribution in [1.29, 1.82) is 0 Å². The number of hydrogen-bond acceptors (Lipinski definition) is 5. The third-order valence-corrected chi connectivity index (χ3v) is 6.52. The van der Waals surface area contributed by atoms with Crippen LogP contribution in [0.25, 0.3) is 0 Å². The van der Waals surface area contributed by atoms with Crippen molar-refractivity contribution in [3.8, 4) is 0 Å². The van der Waals surface area contributed by atoms with Gasteiger partial charge in [-0.1, -0.05) is 12.1 Å². The Morgan fingerprint density at radius 1 is 1.03 bits per heavy atom. The highest BCUT2D eigenvalue weighted by atomic mass is 16.2. The fourth-order valence-electron chi connectivity index (χ4n) is 4.89. The Balaban J connectivity index is 1.26. The Kier molecular flexibility index (Phi) is 7.07. The molecule has 0 aliphatic carbocycles. The number of piperidine rings is 2. The minimum atomic E-state index is 0.119. The molecule has 6 nitrogen and oxygen atoms in total. The molecule has 2 aromatic rings. The molecule has 2 aromatic heterocycles. The van der Waals surface area contributed by atoms with Crippen LogP contribution in [0.1, 0.15) is 36.8 Å². The van der Waals surface area contributed by atoms with E-state index in [1.807, 2.05) is 48.7 Å². The quantitative estimate of drug-likeness (QED) is 0.737. The lowest BCUT2D eigenvalue weighted by molar-refractivity contribution is -0.137. The van der Waals surface area contributed by atoms with Gasteiger partial charge in [-0.05, 0) is 68.6 Å². The summed E-state index contributed by atoms with van der Waals surface area (Å²) in [6.45, 7) is 5.90. The zero-order valence-corrected chi connectivity index (χ0v) is 18.0. The smallest absolute Gasteiger partial charge is 0.227 e. The second-order valence-corrected chi connectivity index (χ2v) is 8.76. The molecular weight excluding hydrogens is 374 g/mol. The average Bonchev–Trinajstić information content (AvgIpc) is 2.80. The summed E-state index contributed by atoms with van der Waals surface area (Å²) in [4.78, 5) is 28.4. The minimum absolute atomic E-state index is 0.119. The molecule has 1 unspecified atom stereocenters. The number of carbonyl (C=O) groups excluding carboxylic acids is 1. The SMILES string of the molecule is CN(Cc1cccnc1)C(=O)C1CCCN(C2CCN(Cc3cccnc3)CC2)C1. The largest absolute Gasteiger partial charge is 0.341 e. The maximum absolute atomic E-state index is 13.1. The van der Waals surface area contributed by atoms with Crippen LogP contribution in [-0.2, 0) is 17.9 Å². The van der Waals surface area contributed by atoms with E-state index in [9.17, 15) is 4.79 Å². The average molecular weight is 408 g/mol. The molecule has 1 atom stereocenters. The summed E-state index contributed by atoms with van der Waals surface area (Å²) in [5.74, 6) is 0.395. The molecule has 1 amide bonds. The van der Waals surface area contributed by atoms with E-state index >= 15 is 0 Å². The molecule has 0 saturated carbocycles. The van der Waals surface area contributed by atoms with E-state index in [2.05, 4.69) is 25.8 Å². The van der Waals surface area contributed by atoms with Crippen LogP contribution in [0.4, 0.5) is 0 Å². The number of amides is 1. The Morgan fingerprint density at radius 2 is 1.73 bits per heavy atom. The molecule has 0 radical (unpaired) electrons. The third kappa shape index (κ3) is 5.43. The molecule has 0 N–H and O–H groups in total. The van der Waals surface area contributed by atoms with Crippen molar-refractivity contribution in [2.24, 2.45) is 5.92 Å². The lowest BCUT2D eigenvalue weighted by Crippen LogP contribution is -2.50. The first kappa shape index (κ1) is 20.9. The van der Waals surface area contributed by atoms with Gasteiger partial charge in [-0.15, -0.1) is 0 Å². The van der Waals surface area contributed by atoms with Crippen molar-refractivity contribution in [3.05, 3.63) is 60.2 Å². The summed E-state index contributed by atoms with van der Waals surface area (Å²) < 4.78 is 0. The fourth-order valence-corrected chi connectivity index (χ4v) is 4.89. The van der Waals surface area contributed by atoms with Gasteiger partial charge in [0.2, 0.25) is 5.91 Å². The predicted molar refractivity (Wildman–Crippen MR) is 118 cm³/mol. The maximum Gasteiger partial charge on any atom is 0.227 e. The fraction of sp³-hybridized carbons (Fsp3) is 0.542. The van der Waals surface area contributed by atoms with Gasteiger partial charge < -0.3 is 4.90 Å². The van der Waals surface area contributed by atoms with Crippen LogP contribution in [-0.4, -0.2) is 69.8 Å². The number of rotatable bonds is 6. The van der Waals surface area contributed by atoms with Crippen molar-refractivity contribution < 1.29 is 4.79 Å². The second kappa shape index (κ2) is 10.1. The van der Waals surface area contributed by atoms with Gasteiger partial charge in [-0.3, -0.25) is 24.6 Å². The molecule has 160 valence electrons. The normalized spacial score (nSPS) is 21.4. The van der Waals surface area contributed by atoms with Gasteiger partial charge in [0.25, 0.3) is 0 Å². The number of carbonyl (C=O) groups is 1. The topological polar surface area (TPSA) is 52.6 Å². The van der Waals surface area contributed by atoms with Crippen molar-refractivity contribution in [3.63, 3.8) is 0 Å². The zero-order valence-electron chi connectivity index (χ0n) is 18.0. The summed E-state index contributed by atoms with van der Waals surface area (Å²) in [5, 5.41) is 0. The predicted octanol–water partition coefficient (Wildman–Crippen LogP) is 2.81. The molecule has 2 saturated heterocycles. The molecule has 30 heavy (non-hydrogen) atoms. The van der Waals surface area contributed by atoms with Crippen molar-refractivity contribution >= 4 is 5.91 Å². The van der Waals surface area contributed by atoms with E-state index in [4.69, 9.17) is 0 Å². The van der Waals surface area contributed by atoms with Crippen LogP contribution in [0, 0.1) is 5.92 Å². The van der Waals surface area contributed by atoms with Crippen molar-refractivity contribution in [2.75, 3.05) is 33.2 Å². The maximum atomic E-state index is 13.1. The standard InChI is InChI=1S/C24H33N5O/c1-27(17-20-5-2-10-25-15-20)24(30)22-7-4-12-29(19-22)23-8-13-28(14-9-23)18-21-6-3-11-26-16-21/h2-3,5-6,10-11,15-16,22-23H,4,7-9,12-14,17-19H2,1H3. The highest BCUT2D eigenvalue weighted by Gasteiger charge is 2.32. The van der Waals surface area contributed by atoms with Crippen LogP contribution in [0.5, 0.6) is 0 Å². The van der Waals surface area contributed by atoms with Gasteiger partial charge in [0, 0.05) is 57.5 Å². The van der Waals surface area contributed by atoms with E-state index < -0.39 is 0 Å². The lowest BCUT2D eigenvalue weighted by Gasteiger charge is -2.42. The molecule has 0 bridgehead atoms. The summed E-state index contributed by atoms with van der Waals surface area (Å²) in [6.07, 6.45) is 11.9. The first-order valence-corrected chi connectivity index (χ1v) is 11.2. The van der Waals surface area contributed by atoms with E-state index in [0.717, 1.165) is 51.1 Å². The molecule has 2 fully saturated rings. The van der Waals surface area contributed by atoms with Crippen LogP contribution in [0.2, 0.25) is 0 Å². The molecule has 0 spiro atoms. The van der Waals surface area contributed by atoms with Gasteiger partial charge in [0.05, 0.1) is 5.92 Å². The van der Waals surface area contributed by atoms with E-state index in [0.29, 0.717) is 12.6 Å². The zero-order chi connectivity index (χ0) is 20.8. The van der Waals surface area contributed by atoms with Gasteiger partial charge in [-0.25, -0.2) is 0 Å². The van der Waals surface area contributed by atoms with E-state index in [1.165, 1.54) is 18.4 Å². The van der Waals surface area contributed by atoms with Gasteiger partial charge in [0.1, 0.15) is 0 Å². The molecule has 6 heteroatoms. The van der Waals surface area contributed by atoms with Crippen LogP contribution >= 0.6 is 0 Å². The van der Waals surface area contributed by atoms with E-state index in [1.54, 1.807) is 6.20 Å². The van der Waals surface area contributed by atoms with Crippen LogP contribution < -0.4 is 0 Å². The number of aromatic nitrogens is 2. The minimum Gasteiger partial charge on any atom is -0.341 e. The molecule has 4 heterocycles. The molecular formula is C24H33N5O. The Hall–Kier alpha value is -2.31. The molecule has 2 aliphatic rings. The van der Waals surface area contributed by atoms with Gasteiger partial charge >= 0.3 is 0 Å². The van der Waals surface area contributed by atoms with Crippen LogP contribution in [0.15, 0.2) is 49.1 Å². The van der Waals surface area contributed by atoms with Crippen molar-refractivity contribution in [1.82, 2.24) is 24.7 Å². The van der Waals surface area contributed by atoms with Crippen LogP contribution in [0.3, 0.4) is 0 Å². The lowest BCUT2D eigenvalue weighted by atomic mass is 9.92. The molecule has 2 aliphatic heterocycles. The summed E-state index contributed by atoms with van der Waals surface area (Å²) in [6, 6.07) is 8.73. The number of likely N-dealkylation sites (tertiary alicyclic amines) is 2. The Bertz CT molecular complexity index is 792. The second-order valence-electron chi connectivity index (χ2n) is 8.76. The Morgan fingerprint density at radius 3 is 2.40 bits per heavy atom. The molecule has 4 rings (SSSR count). The summed E-state index contributed by atoms with van der Waals surface area (Å²) in [5.41, 5.74) is 2.37. The first-order chi connectivity index (χ1) is 14.7. The number of pyridine rings is 2. The highest BCUT2D eigenvalue weighted by molar-refractivity contribution is 5.78. The van der Waals surface area contributed by atoms with E-state index in [-0.39, 0.29) is 11.8 Å². The van der Waals surface area contributed by atoms with Crippen molar-refractivity contribution in [2.45, 2.75) is 44.8 Å². The number of nitrogens with zero attached hydrogens (tertiary/aromatic N) is 5. The monoisotopic (exact) mass is 407 g/mol. The third-order valence-electron chi connectivity index (χ3n) is 6.52. The summed E-state index contributed by atoms with van der Waals surface area (Å²) >= 11 is 0. The highest BCUT2D eigenvalue weighted by Crippen LogP contribution is 2.25. The molecule has 0 aromatic carbocycles. The van der Waals surface area contributed by atoms with Gasteiger partial charge in [0.15, 0.2) is 0 Å². The first-order valence-electron chi connectivity index (χ1n) is 11.2. The Labute approximate surface area is 179 Å².